The van der Waals surface area contributed by atoms with Crippen LogP contribution in [0.4, 0.5) is 4.39 Å². The van der Waals surface area contributed by atoms with Crippen LogP contribution in [0.2, 0.25) is 5.02 Å². The third kappa shape index (κ3) is 2.71. The molecule has 0 saturated carbocycles. The number of esters is 1. The van der Waals surface area contributed by atoms with Crippen molar-refractivity contribution in [3.05, 3.63) is 34.6 Å². The molecule has 2 N–H and O–H groups in total. The van der Waals surface area contributed by atoms with Gasteiger partial charge in [0.25, 0.3) is 0 Å². The number of ether oxygens (including phenoxy) is 1. The molecule has 1 aromatic carbocycles. The van der Waals surface area contributed by atoms with Crippen LogP contribution >= 0.6 is 11.6 Å². The minimum atomic E-state index is -1.29. The molecule has 0 amide bonds. The van der Waals surface area contributed by atoms with E-state index in [4.69, 9.17) is 17.3 Å². The van der Waals surface area contributed by atoms with E-state index in [-0.39, 0.29) is 17.0 Å². The number of halogens is 2. The molecule has 0 aliphatic heterocycles. The Bertz CT molecular complexity index is 387. The predicted molar refractivity (Wildman–Crippen MR) is 59.7 cm³/mol. The number of nitrogens with two attached hydrogens (primary N) is 1. The molecule has 0 radical (unpaired) electrons. The van der Waals surface area contributed by atoms with Crippen molar-refractivity contribution >= 4 is 17.6 Å². The van der Waals surface area contributed by atoms with E-state index in [0.717, 1.165) is 0 Å². The lowest BCUT2D eigenvalue weighted by molar-refractivity contribution is -0.146. The number of methoxy groups -OCH3 is 1. The fourth-order valence-corrected chi connectivity index (χ4v) is 1.60. The Morgan fingerprint density at radius 2 is 2.25 bits per heavy atom. The smallest absolute Gasteiger partial charge is 0.325 e. The second-order valence-electron chi connectivity index (χ2n) is 3.79. The molecule has 5 heteroatoms. The first kappa shape index (κ1) is 12.9. The molecule has 0 aliphatic rings. The Labute approximate surface area is 98.3 Å². The molecule has 1 atom stereocenters. The molecule has 0 spiro atoms. The Kier molecular flexibility index (Phi) is 3.88. The summed E-state index contributed by atoms with van der Waals surface area (Å²) in [5, 5.41) is 0.251. The molecule has 0 saturated heterocycles. The second kappa shape index (κ2) is 4.80. The molecule has 0 bridgehead atoms. The van der Waals surface area contributed by atoms with Crippen molar-refractivity contribution in [1.82, 2.24) is 0 Å². The summed E-state index contributed by atoms with van der Waals surface area (Å²) in [7, 11) is 1.23. The zero-order valence-electron chi connectivity index (χ0n) is 9.09. The maximum Gasteiger partial charge on any atom is 0.325 e. The van der Waals surface area contributed by atoms with E-state index in [1.54, 1.807) is 6.07 Å². The molecule has 3 nitrogen and oxygen atoms in total. The number of carbonyl (C=O) groups is 1. The summed E-state index contributed by atoms with van der Waals surface area (Å²) < 4.78 is 18.0. The van der Waals surface area contributed by atoms with Crippen molar-refractivity contribution in [2.75, 3.05) is 7.11 Å². The number of carbonyl (C=O) groups excluding carboxylic acids is 1. The van der Waals surface area contributed by atoms with Crippen LogP contribution in [-0.4, -0.2) is 18.6 Å². The third-order valence-corrected chi connectivity index (χ3v) is 2.61. The van der Waals surface area contributed by atoms with E-state index < -0.39 is 17.3 Å². The lowest BCUT2D eigenvalue weighted by atomic mass is 9.94. The van der Waals surface area contributed by atoms with Crippen LogP contribution in [-0.2, 0) is 16.0 Å². The van der Waals surface area contributed by atoms with Gasteiger partial charge in [-0.2, -0.15) is 0 Å². The minimum absolute atomic E-state index is 0.00875. The van der Waals surface area contributed by atoms with Gasteiger partial charge in [0.1, 0.15) is 11.4 Å². The average molecular weight is 246 g/mol. The van der Waals surface area contributed by atoms with E-state index >= 15 is 0 Å². The first-order valence-corrected chi connectivity index (χ1v) is 5.06. The Morgan fingerprint density at radius 3 is 2.75 bits per heavy atom. The molecule has 0 fully saturated rings. The van der Waals surface area contributed by atoms with Crippen LogP contribution in [0.1, 0.15) is 12.5 Å². The monoisotopic (exact) mass is 245 g/mol. The van der Waals surface area contributed by atoms with Crippen molar-refractivity contribution in [1.29, 1.82) is 0 Å². The van der Waals surface area contributed by atoms with Gasteiger partial charge < -0.3 is 10.5 Å². The number of hydrogen-bond acceptors (Lipinski definition) is 3. The fraction of sp³-hybridized carbons (Fsp3) is 0.364. The topological polar surface area (TPSA) is 52.3 Å². The van der Waals surface area contributed by atoms with Gasteiger partial charge >= 0.3 is 5.97 Å². The molecular formula is C11H13ClFNO2. The molecule has 0 aromatic heterocycles. The normalized spacial score (nSPS) is 14.3. The summed E-state index contributed by atoms with van der Waals surface area (Å²) in [6, 6.07) is 4.31. The Hall–Kier alpha value is -1.13. The highest BCUT2D eigenvalue weighted by atomic mass is 35.5. The van der Waals surface area contributed by atoms with E-state index in [1.807, 2.05) is 0 Å². The molecule has 16 heavy (non-hydrogen) atoms. The summed E-state index contributed by atoms with van der Waals surface area (Å²) in [5.74, 6) is -1.08. The van der Waals surface area contributed by atoms with Crippen LogP contribution < -0.4 is 5.73 Å². The Morgan fingerprint density at radius 1 is 1.62 bits per heavy atom. The van der Waals surface area contributed by atoms with E-state index in [0.29, 0.717) is 0 Å². The highest BCUT2D eigenvalue weighted by Crippen LogP contribution is 2.23. The van der Waals surface area contributed by atoms with Crippen molar-refractivity contribution in [3.8, 4) is 0 Å². The number of benzene rings is 1. The van der Waals surface area contributed by atoms with Gasteiger partial charge in [0.05, 0.1) is 7.11 Å². The molecule has 1 unspecified atom stereocenters. The highest BCUT2D eigenvalue weighted by molar-refractivity contribution is 6.31. The van der Waals surface area contributed by atoms with Gasteiger partial charge in [0.2, 0.25) is 0 Å². The van der Waals surface area contributed by atoms with E-state index in [9.17, 15) is 9.18 Å². The highest BCUT2D eigenvalue weighted by Gasteiger charge is 2.31. The molecule has 88 valence electrons. The minimum Gasteiger partial charge on any atom is -0.468 e. The molecule has 1 aromatic rings. The van der Waals surface area contributed by atoms with Crippen LogP contribution in [0.3, 0.4) is 0 Å². The first-order chi connectivity index (χ1) is 7.38. The molecular weight excluding hydrogens is 233 g/mol. The van der Waals surface area contributed by atoms with Crippen molar-refractivity contribution < 1.29 is 13.9 Å². The van der Waals surface area contributed by atoms with Crippen molar-refractivity contribution in [3.63, 3.8) is 0 Å². The number of rotatable bonds is 3. The Balaban J connectivity index is 3.00. The summed E-state index contributed by atoms with van der Waals surface area (Å²) in [4.78, 5) is 11.3. The van der Waals surface area contributed by atoms with Gasteiger partial charge in [-0.05, 0) is 19.1 Å². The van der Waals surface area contributed by atoms with Crippen LogP contribution in [0, 0.1) is 5.82 Å². The molecule has 0 heterocycles. The van der Waals surface area contributed by atoms with E-state index in [2.05, 4.69) is 4.74 Å². The fourth-order valence-electron chi connectivity index (χ4n) is 1.37. The van der Waals surface area contributed by atoms with Crippen LogP contribution in [0.15, 0.2) is 18.2 Å². The lowest BCUT2D eigenvalue weighted by Gasteiger charge is -2.22. The maximum absolute atomic E-state index is 13.5. The molecule has 0 aliphatic carbocycles. The van der Waals surface area contributed by atoms with Gasteiger partial charge in [-0.25, -0.2) is 4.39 Å². The molecule has 1 rings (SSSR count). The van der Waals surface area contributed by atoms with Gasteiger partial charge in [-0.3, -0.25) is 4.79 Å². The van der Waals surface area contributed by atoms with E-state index in [1.165, 1.54) is 26.2 Å². The average Bonchev–Trinajstić information content (AvgIpc) is 2.22. The summed E-state index contributed by atoms with van der Waals surface area (Å²) in [6.45, 7) is 1.47. The zero-order chi connectivity index (χ0) is 12.3. The SMILES string of the molecule is COC(=O)C(C)(N)Cc1c(F)cccc1Cl. The summed E-state index contributed by atoms with van der Waals surface area (Å²) in [5.41, 5.74) is 4.67. The lowest BCUT2D eigenvalue weighted by Crippen LogP contribution is -2.47. The van der Waals surface area contributed by atoms with Crippen molar-refractivity contribution in [2.45, 2.75) is 18.9 Å². The second-order valence-corrected chi connectivity index (χ2v) is 4.19. The largest absolute Gasteiger partial charge is 0.468 e. The van der Waals surface area contributed by atoms with Crippen molar-refractivity contribution in [2.24, 2.45) is 5.73 Å². The van der Waals surface area contributed by atoms with Crippen LogP contribution in [0.25, 0.3) is 0 Å². The zero-order valence-corrected chi connectivity index (χ0v) is 9.84. The van der Waals surface area contributed by atoms with Gasteiger partial charge in [0.15, 0.2) is 0 Å². The summed E-state index contributed by atoms with van der Waals surface area (Å²) >= 11 is 5.84. The van der Waals surface area contributed by atoms with Gasteiger partial charge in [-0.15, -0.1) is 0 Å². The number of hydrogen-bond donors (Lipinski definition) is 1. The van der Waals surface area contributed by atoms with Gasteiger partial charge in [-0.1, -0.05) is 17.7 Å². The third-order valence-electron chi connectivity index (χ3n) is 2.26. The quantitative estimate of drug-likeness (QED) is 0.828. The maximum atomic E-state index is 13.5. The predicted octanol–water partition coefficient (Wildman–Crippen LogP) is 1.91. The standard InChI is InChI=1S/C11H13ClFNO2/c1-11(14,10(15)16-2)6-7-8(12)4-3-5-9(7)13/h3-5H,6,14H2,1-2H3. The summed E-state index contributed by atoms with van der Waals surface area (Å²) in [6.07, 6.45) is -0.00875. The first-order valence-electron chi connectivity index (χ1n) is 4.68. The van der Waals surface area contributed by atoms with Crippen LogP contribution in [0.5, 0.6) is 0 Å². The van der Waals surface area contributed by atoms with Gasteiger partial charge in [0, 0.05) is 17.0 Å².